The molecule has 18 heavy (non-hydrogen) atoms. The molecule has 1 aliphatic heterocycles. The van der Waals surface area contributed by atoms with Crippen LogP contribution >= 0.6 is 11.8 Å². The highest BCUT2D eigenvalue weighted by atomic mass is 32.2. The number of rotatable bonds is 2. The molecule has 0 spiro atoms. The van der Waals surface area contributed by atoms with Crippen LogP contribution in [-0.2, 0) is 0 Å². The molecule has 1 aliphatic rings. The molecule has 1 heterocycles. The summed E-state index contributed by atoms with van der Waals surface area (Å²) in [6.45, 7) is 4.16. The van der Waals surface area contributed by atoms with Crippen LogP contribution in [0, 0.1) is 0 Å². The zero-order valence-electron chi connectivity index (χ0n) is 10.9. The van der Waals surface area contributed by atoms with Crippen LogP contribution in [0.15, 0.2) is 35.5 Å². The van der Waals surface area contributed by atoms with Crippen LogP contribution < -0.4 is 0 Å². The maximum atomic E-state index is 9.15. The van der Waals surface area contributed by atoms with Crippen molar-refractivity contribution in [2.45, 2.75) is 31.9 Å². The van der Waals surface area contributed by atoms with Crippen LogP contribution in [-0.4, -0.2) is 21.8 Å². The van der Waals surface area contributed by atoms with Crippen LogP contribution in [0.4, 0.5) is 5.69 Å². The third-order valence-electron chi connectivity index (χ3n) is 3.12. The van der Waals surface area contributed by atoms with Gasteiger partial charge in [-0.25, -0.2) is 0 Å². The summed E-state index contributed by atoms with van der Waals surface area (Å²) >= 11 is 2.02. The molecule has 1 saturated heterocycles. The number of para-hydroxylation sites is 1. The number of allylic oxidation sites excluding steroid dienone is 1. The summed E-state index contributed by atoms with van der Waals surface area (Å²) in [5.74, 6) is 1.16. The van der Waals surface area contributed by atoms with Crippen molar-refractivity contribution in [1.29, 1.82) is 0 Å². The highest BCUT2D eigenvalue weighted by Crippen LogP contribution is 2.29. The lowest BCUT2D eigenvalue weighted by Crippen LogP contribution is -2.15. The van der Waals surface area contributed by atoms with Gasteiger partial charge < -0.3 is 5.11 Å². The molecule has 2 nitrogen and oxygen atoms in total. The Bertz CT molecular complexity index is 479. The second-order valence-corrected chi connectivity index (χ2v) is 6.19. The lowest BCUT2D eigenvalue weighted by molar-refractivity contribution is 0.475. The molecular weight excluding hydrogens is 242 g/mol. The van der Waals surface area contributed by atoms with E-state index in [9.17, 15) is 0 Å². The Morgan fingerprint density at radius 3 is 2.94 bits per heavy atom. The molecule has 1 unspecified atom stereocenters. The van der Waals surface area contributed by atoms with Gasteiger partial charge in [-0.2, -0.15) is 11.8 Å². The van der Waals surface area contributed by atoms with Crippen LogP contribution in [0.3, 0.4) is 0 Å². The average molecular weight is 261 g/mol. The smallest absolute Gasteiger partial charge is 0.0827 e. The number of benzene rings is 1. The number of aliphatic hydroxyl groups is 1. The molecular formula is C15H19NOS. The summed E-state index contributed by atoms with van der Waals surface area (Å²) in [6.07, 6.45) is 3.30. The molecule has 0 radical (unpaired) electrons. The van der Waals surface area contributed by atoms with Gasteiger partial charge in [0.15, 0.2) is 0 Å². The molecule has 3 heteroatoms. The Balaban J connectivity index is 2.31. The van der Waals surface area contributed by atoms with E-state index < -0.39 is 0 Å². The van der Waals surface area contributed by atoms with Gasteiger partial charge in [-0.15, -0.1) is 0 Å². The van der Waals surface area contributed by atoms with E-state index in [2.05, 4.69) is 6.92 Å². The third-order valence-corrected chi connectivity index (χ3v) is 4.29. The normalized spacial score (nSPS) is 23.3. The average Bonchev–Trinajstić information content (AvgIpc) is 2.38. The molecule has 1 aromatic carbocycles. The van der Waals surface area contributed by atoms with Gasteiger partial charge in [-0.05, 0) is 37.2 Å². The molecule has 0 aliphatic carbocycles. The maximum absolute atomic E-state index is 9.15. The minimum absolute atomic E-state index is 0.666. The number of hydrogen-bond acceptors (Lipinski definition) is 3. The highest BCUT2D eigenvalue weighted by molar-refractivity contribution is 8.00. The summed E-state index contributed by atoms with van der Waals surface area (Å²) in [5, 5.41) is 9.81. The van der Waals surface area contributed by atoms with Crippen molar-refractivity contribution in [2.75, 3.05) is 5.75 Å². The monoisotopic (exact) mass is 261 g/mol. The zero-order valence-corrected chi connectivity index (χ0v) is 11.7. The SMILES string of the molecule is CC(=CO)c1ccccc1N=C1CCSC(C)C1. The fourth-order valence-electron chi connectivity index (χ4n) is 2.12. The Morgan fingerprint density at radius 1 is 1.44 bits per heavy atom. The first-order valence-electron chi connectivity index (χ1n) is 6.29. The van der Waals surface area contributed by atoms with Gasteiger partial charge in [-0.1, -0.05) is 25.1 Å². The topological polar surface area (TPSA) is 32.6 Å². The van der Waals surface area contributed by atoms with E-state index in [1.165, 1.54) is 5.71 Å². The van der Waals surface area contributed by atoms with Gasteiger partial charge in [-0.3, -0.25) is 4.99 Å². The van der Waals surface area contributed by atoms with E-state index >= 15 is 0 Å². The quantitative estimate of drug-likeness (QED) is 0.789. The first kappa shape index (κ1) is 13.2. The van der Waals surface area contributed by atoms with Crippen LogP contribution in [0.1, 0.15) is 32.3 Å². The molecule has 1 atom stereocenters. The molecule has 0 bridgehead atoms. The molecule has 1 N–H and O–H groups in total. The minimum Gasteiger partial charge on any atom is -0.515 e. The van der Waals surface area contributed by atoms with E-state index in [1.54, 1.807) is 0 Å². The maximum Gasteiger partial charge on any atom is 0.0827 e. The molecule has 96 valence electrons. The van der Waals surface area contributed by atoms with Crippen LogP contribution in [0.2, 0.25) is 0 Å². The fraction of sp³-hybridized carbons (Fsp3) is 0.400. The third kappa shape index (κ3) is 3.16. The Labute approximate surface area is 113 Å². The van der Waals surface area contributed by atoms with Gasteiger partial charge in [0.2, 0.25) is 0 Å². The molecule has 0 saturated carbocycles. The van der Waals surface area contributed by atoms with Gasteiger partial charge in [0.25, 0.3) is 0 Å². The van der Waals surface area contributed by atoms with Crippen molar-refractivity contribution < 1.29 is 5.11 Å². The largest absolute Gasteiger partial charge is 0.515 e. The predicted octanol–water partition coefficient (Wildman–Crippen LogP) is 4.59. The molecule has 1 aromatic rings. The van der Waals surface area contributed by atoms with E-state index in [0.717, 1.165) is 41.7 Å². The summed E-state index contributed by atoms with van der Waals surface area (Å²) in [5.41, 5.74) is 4.11. The number of aliphatic hydroxyl groups excluding tert-OH is 1. The zero-order chi connectivity index (χ0) is 13.0. The van der Waals surface area contributed by atoms with Crippen LogP contribution in [0.5, 0.6) is 0 Å². The Kier molecular flexibility index (Phi) is 4.48. The second-order valence-electron chi connectivity index (χ2n) is 4.64. The first-order valence-corrected chi connectivity index (χ1v) is 7.34. The molecule has 2 rings (SSSR count). The van der Waals surface area contributed by atoms with Gasteiger partial charge in [0.1, 0.15) is 0 Å². The predicted molar refractivity (Wildman–Crippen MR) is 81.0 cm³/mol. The summed E-state index contributed by atoms with van der Waals surface area (Å²) in [6, 6.07) is 7.99. The first-order chi connectivity index (χ1) is 8.70. The fourth-order valence-corrected chi connectivity index (χ4v) is 3.18. The molecule has 1 fully saturated rings. The van der Waals surface area contributed by atoms with E-state index in [-0.39, 0.29) is 0 Å². The Hall–Kier alpha value is -1.22. The summed E-state index contributed by atoms with van der Waals surface area (Å²) < 4.78 is 0. The van der Waals surface area contributed by atoms with Crippen molar-refractivity contribution in [3.05, 3.63) is 36.1 Å². The van der Waals surface area contributed by atoms with Crippen molar-refractivity contribution in [2.24, 2.45) is 4.99 Å². The summed E-state index contributed by atoms with van der Waals surface area (Å²) in [4.78, 5) is 4.79. The number of hydrogen-bond donors (Lipinski definition) is 1. The minimum atomic E-state index is 0.666. The second kappa shape index (κ2) is 6.10. The number of aliphatic imine (C=N–C) groups is 1. The molecule has 0 aromatic heterocycles. The lowest BCUT2D eigenvalue weighted by Gasteiger charge is -2.19. The van der Waals surface area contributed by atoms with Crippen molar-refractivity contribution in [1.82, 2.24) is 0 Å². The van der Waals surface area contributed by atoms with Crippen molar-refractivity contribution >= 4 is 28.7 Å². The Morgan fingerprint density at radius 2 is 2.22 bits per heavy atom. The van der Waals surface area contributed by atoms with E-state index in [0.29, 0.717) is 5.25 Å². The van der Waals surface area contributed by atoms with Crippen molar-refractivity contribution in [3.63, 3.8) is 0 Å². The number of nitrogens with zero attached hydrogens (tertiary/aromatic N) is 1. The van der Waals surface area contributed by atoms with E-state index in [1.807, 2.05) is 43.0 Å². The van der Waals surface area contributed by atoms with E-state index in [4.69, 9.17) is 10.1 Å². The standard InChI is InChI=1S/C15H19NOS/c1-11(10-17)14-5-3-4-6-15(14)16-13-7-8-18-12(2)9-13/h3-6,10,12,17H,7-9H2,1-2H3. The summed E-state index contributed by atoms with van der Waals surface area (Å²) in [7, 11) is 0. The van der Waals surface area contributed by atoms with Crippen molar-refractivity contribution in [3.8, 4) is 0 Å². The molecule has 0 amide bonds. The highest BCUT2D eigenvalue weighted by Gasteiger charge is 2.15. The van der Waals surface area contributed by atoms with Gasteiger partial charge in [0, 0.05) is 16.5 Å². The van der Waals surface area contributed by atoms with Crippen LogP contribution in [0.25, 0.3) is 5.57 Å². The number of thioether (sulfide) groups is 1. The van der Waals surface area contributed by atoms with Gasteiger partial charge >= 0.3 is 0 Å². The lowest BCUT2D eigenvalue weighted by atomic mass is 10.1. The van der Waals surface area contributed by atoms with Gasteiger partial charge in [0.05, 0.1) is 11.9 Å².